The molecule has 4 heterocycles. The summed E-state index contributed by atoms with van der Waals surface area (Å²) in [4.78, 5) is 31.1. The highest BCUT2D eigenvalue weighted by atomic mass is 32.1. The molecule has 0 spiro atoms. The van der Waals surface area contributed by atoms with Crippen molar-refractivity contribution in [3.8, 4) is 0 Å². The van der Waals surface area contributed by atoms with Crippen LogP contribution in [0.4, 0.5) is 0 Å². The van der Waals surface area contributed by atoms with Crippen molar-refractivity contribution in [1.29, 1.82) is 0 Å². The van der Waals surface area contributed by atoms with Gasteiger partial charge in [0.1, 0.15) is 23.0 Å². The number of fused-ring (bicyclic) bond motifs is 2. The number of carbonyl (C=O) groups is 1. The van der Waals surface area contributed by atoms with E-state index in [1.165, 1.54) is 28.7 Å². The van der Waals surface area contributed by atoms with E-state index < -0.39 is 0 Å². The lowest BCUT2D eigenvalue weighted by Crippen LogP contribution is -2.33. The quantitative estimate of drug-likeness (QED) is 0.704. The van der Waals surface area contributed by atoms with Crippen molar-refractivity contribution in [2.45, 2.75) is 59.0 Å². The van der Waals surface area contributed by atoms with E-state index in [0.29, 0.717) is 18.4 Å². The highest BCUT2D eigenvalue weighted by Gasteiger charge is 2.16. The van der Waals surface area contributed by atoms with Gasteiger partial charge in [0.15, 0.2) is 0 Å². The molecule has 4 rings (SSSR count). The molecule has 0 bridgehead atoms. The van der Waals surface area contributed by atoms with Crippen LogP contribution in [-0.2, 0) is 30.7 Å². The second kappa shape index (κ2) is 7.83. The van der Waals surface area contributed by atoms with Gasteiger partial charge in [-0.15, -0.1) is 21.5 Å². The van der Waals surface area contributed by atoms with E-state index in [4.69, 9.17) is 0 Å². The third-order valence-corrected chi connectivity index (χ3v) is 6.44. The zero-order valence-corrected chi connectivity index (χ0v) is 17.0. The van der Waals surface area contributed by atoms with Gasteiger partial charge >= 0.3 is 0 Å². The number of nitrogens with one attached hydrogen (secondary N) is 1. The van der Waals surface area contributed by atoms with Crippen LogP contribution in [0, 0.1) is 13.8 Å². The van der Waals surface area contributed by atoms with Crippen LogP contribution in [0.1, 0.15) is 41.4 Å². The fourth-order valence-electron chi connectivity index (χ4n) is 3.64. The molecule has 8 nitrogen and oxygen atoms in total. The predicted octanol–water partition coefficient (Wildman–Crippen LogP) is 1.75. The Morgan fingerprint density at radius 1 is 1.25 bits per heavy atom. The van der Waals surface area contributed by atoms with Crippen LogP contribution in [0.5, 0.6) is 0 Å². The van der Waals surface area contributed by atoms with Crippen molar-refractivity contribution in [2.75, 3.05) is 6.54 Å². The highest BCUT2D eigenvalue weighted by Crippen LogP contribution is 2.25. The molecule has 1 amide bonds. The second-order valence-corrected chi connectivity index (χ2v) is 8.44. The molecule has 1 N–H and O–H groups in total. The van der Waals surface area contributed by atoms with Gasteiger partial charge in [-0.1, -0.05) is 6.42 Å². The predicted molar refractivity (Wildman–Crippen MR) is 108 cm³/mol. The number of nitrogens with zero attached hydrogens (tertiary/aromatic N) is 5. The Labute approximate surface area is 166 Å². The van der Waals surface area contributed by atoms with Gasteiger partial charge in [0.2, 0.25) is 5.91 Å². The summed E-state index contributed by atoms with van der Waals surface area (Å²) in [7, 11) is 0. The van der Waals surface area contributed by atoms with Crippen LogP contribution in [0.2, 0.25) is 0 Å². The molecule has 1 aliphatic rings. The molecule has 9 heteroatoms. The van der Waals surface area contributed by atoms with E-state index in [0.717, 1.165) is 52.7 Å². The molecule has 3 aromatic rings. The summed E-state index contributed by atoms with van der Waals surface area (Å²) < 4.78 is 3.56. The van der Waals surface area contributed by atoms with Gasteiger partial charge < -0.3 is 9.88 Å². The van der Waals surface area contributed by atoms with Crippen LogP contribution >= 0.6 is 11.3 Å². The first-order chi connectivity index (χ1) is 13.5. The topological polar surface area (TPSA) is 94.7 Å². The Balaban J connectivity index is 1.38. The first-order valence-electron chi connectivity index (χ1n) is 9.67. The summed E-state index contributed by atoms with van der Waals surface area (Å²) in [6.07, 6.45) is 6.58. The Bertz CT molecular complexity index is 1080. The highest BCUT2D eigenvalue weighted by molar-refractivity contribution is 7.18. The number of hydrogen-bond acceptors (Lipinski definition) is 6. The average Bonchev–Trinajstić information content (AvgIpc) is 3.08. The smallest absolute Gasteiger partial charge is 0.262 e. The normalized spacial score (nSPS) is 14.1. The lowest BCUT2D eigenvalue weighted by atomic mass is 10.2. The van der Waals surface area contributed by atoms with E-state index in [2.05, 4.69) is 25.1 Å². The molecular weight excluding hydrogens is 376 g/mol. The number of aryl methyl sites for hydroxylation is 3. The summed E-state index contributed by atoms with van der Waals surface area (Å²) in [5, 5.41) is 12.1. The maximum absolute atomic E-state index is 12.7. The summed E-state index contributed by atoms with van der Waals surface area (Å²) in [5.41, 5.74) is 0.782. The second-order valence-electron chi connectivity index (χ2n) is 7.24. The third-order valence-electron chi connectivity index (χ3n) is 5.33. The molecule has 0 aliphatic carbocycles. The Morgan fingerprint density at radius 3 is 2.96 bits per heavy atom. The van der Waals surface area contributed by atoms with E-state index in [1.54, 1.807) is 0 Å². The summed E-state index contributed by atoms with van der Waals surface area (Å²) in [6.45, 7) is 5.28. The fraction of sp³-hybridized carbons (Fsp3) is 0.526. The first kappa shape index (κ1) is 18.8. The molecule has 0 fully saturated rings. The van der Waals surface area contributed by atoms with Crippen molar-refractivity contribution in [3.05, 3.63) is 38.8 Å². The van der Waals surface area contributed by atoms with Crippen LogP contribution in [0.25, 0.3) is 10.2 Å². The fourth-order valence-corrected chi connectivity index (χ4v) is 4.62. The van der Waals surface area contributed by atoms with Gasteiger partial charge in [0.05, 0.1) is 11.7 Å². The Kier molecular flexibility index (Phi) is 5.25. The molecule has 3 aromatic heterocycles. The minimum Gasteiger partial charge on any atom is -0.354 e. The number of carbonyl (C=O) groups excluding carboxylic acids is 1. The summed E-state index contributed by atoms with van der Waals surface area (Å²) in [6, 6.07) is 0. The third kappa shape index (κ3) is 3.58. The van der Waals surface area contributed by atoms with E-state index in [1.807, 2.05) is 13.8 Å². The minimum absolute atomic E-state index is 0.0337. The molecule has 148 valence electrons. The average molecular weight is 401 g/mol. The maximum Gasteiger partial charge on any atom is 0.262 e. The van der Waals surface area contributed by atoms with Crippen LogP contribution in [0.3, 0.4) is 0 Å². The molecule has 0 atom stereocenters. The Morgan fingerprint density at radius 2 is 2.11 bits per heavy atom. The van der Waals surface area contributed by atoms with Crippen molar-refractivity contribution in [1.82, 2.24) is 29.6 Å². The molecule has 0 unspecified atom stereocenters. The van der Waals surface area contributed by atoms with Gasteiger partial charge in [-0.3, -0.25) is 14.2 Å². The van der Waals surface area contributed by atoms with Crippen LogP contribution in [0.15, 0.2) is 11.1 Å². The first-order valence-corrected chi connectivity index (χ1v) is 10.5. The lowest BCUT2D eigenvalue weighted by molar-refractivity contribution is -0.121. The van der Waals surface area contributed by atoms with Crippen LogP contribution < -0.4 is 10.9 Å². The van der Waals surface area contributed by atoms with Crippen molar-refractivity contribution < 1.29 is 4.79 Å². The lowest BCUT2D eigenvalue weighted by Gasteiger charge is -2.09. The minimum atomic E-state index is -0.205. The molecule has 28 heavy (non-hydrogen) atoms. The molecule has 1 aliphatic heterocycles. The number of amides is 1. The van der Waals surface area contributed by atoms with Crippen molar-refractivity contribution in [3.63, 3.8) is 0 Å². The maximum atomic E-state index is 12.7. The Hall–Kier alpha value is -2.55. The SMILES string of the molecule is Cc1sc2ncn(CC(=O)NCCc3nnc4n3CCCCC4)c(=O)c2c1C. The number of thiophene rings is 1. The molecule has 0 saturated heterocycles. The number of rotatable bonds is 5. The molecular formula is C19H24N6O2S. The molecule has 0 radical (unpaired) electrons. The molecule has 0 saturated carbocycles. The molecule has 0 aromatic carbocycles. The summed E-state index contributed by atoms with van der Waals surface area (Å²) in [5.74, 6) is 1.76. The van der Waals surface area contributed by atoms with Crippen LogP contribution in [-0.4, -0.2) is 36.8 Å². The zero-order valence-electron chi connectivity index (χ0n) is 16.2. The van der Waals surface area contributed by atoms with Crippen molar-refractivity contribution in [2.24, 2.45) is 0 Å². The number of aromatic nitrogens is 5. The van der Waals surface area contributed by atoms with E-state index in [9.17, 15) is 9.59 Å². The monoisotopic (exact) mass is 400 g/mol. The standard InChI is InChI=1S/C19H24N6O2S/c1-12-13(2)28-18-17(12)19(27)24(11-21-18)10-16(26)20-8-7-15-23-22-14-6-4-3-5-9-25(14)15/h11H,3-10H2,1-2H3,(H,20,26). The van der Waals surface area contributed by atoms with Gasteiger partial charge in [-0.2, -0.15) is 0 Å². The van der Waals surface area contributed by atoms with Gasteiger partial charge in [0, 0.05) is 30.8 Å². The van der Waals surface area contributed by atoms with Gasteiger partial charge in [0.25, 0.3) is 5.56 Å². The van der Waals surface area contributed by atoms with Gasteiger partial charge in [-0.05, 0) is 32.3 Å². The number of hydrogen-bond donors (Lipinski definition) is 1. The van der Waals surface area contributed by atoms with Gasteiger partial charge in [-0.25, -0.2) is 4.98 Å². The summed E-state index contributed by atoms with van der Waals surface area (Å²) >= 11 is 1.51. The largest absolute Gasteiger partial charge is 0.354 e. The van der Waals surface area contributed by atoms with Crippen molar-refractivity contribution >= 4 is 27.5 Å². The van der Waals surface area contributed by atoms with E-state index >= 15 is 0 Å². The van der Waals surface area contributed by atoms with E-state index in [-0.39, 0.29) is 18.0 Å². The zero-order chi connectivity index (χ0) is 19.7.